The Kier molecular flexibility index (Phi) is 8.87. The minimum atomic E-state index is -4.32. The molecule has 0 spiro atoms. The number of hydrogen-bond acceptors (Lipinski definition) is 3. The lowest BCUT2D eigenvalue weighted by Crippen LogP contribution is -2.38. The molecule has 1 aromatic carbocycles. The largest absolute Gasteiger partial charge is 0.416 e. The van der Waals surface area contributed by atoms with Crippen LogP contribution in [0.2, 0.25) is 0 Å². The lowest BCUT2D eigenvalue weighted by atomic mass is 10.1. The molecule has 2 N–H and O–H groups in total. The Bertz CT molecular complexity index is 571. The Balaban J connectivity index is 1.69. The maximum absolute atomic E-state index is 12.6. The Hall–Kier alpha value is -1.80. The van der Waals surface area contributed by atoms with E-state index >= 15 is 0 Å². The summed E-state index contributed by atoms with van der Waals surface area (Å²) in [5.74, 6) is 0.636. The predicted molar refractivity (Wildman–Crippen MR) is 98.7 cm³/mol. The molecule has 0 aliphatic carbocycles. The van der Waals surface area contributed by atoms with Crippen LogP contribution in [0.5, 0.6) is 0 Å². The molecule has 0 bridgehead atoms. The first-order chi connectivity index (χ1) is 13.0. The zero-order valence-electron chi connectivity index (χ0n) is 15.6. The first kappa shape index (κ1) is 21.5. The van der Waals surface area contributed by atoms with Gasteiger partial charge in [-0.15, -0.1) is 0 Å². The molecule has 27 heavy (non-hydrogen) atoms. The van der Waals surface area contributed by atoms with E-state index in [-0.39, 0.29) is 6.10 Å². The first-order valence-corrected chi connectivity index (χ1v) is 9.36. The molecule has 0 amide bonds. The average Bonchev–Trinajstić information content (AvgIpc) is 3.15. The Labute approximate surface area is 158 Å². The van der Waals surface area contributed by atoms with Crippen molar-refractivity contribution in [3.63, 3.8) is 0 Å². The van der Waals surface area contributed by atoms with Gasteiger partial charge >= 0.3 is 6.18 Å². The SMILES string of the molecule is CCNC(=NCc1ccc(C(F)(F)F)cc1)NCCCOCC1CCCO1. The van der Waals surface area contributed by atoms with Crippen LogP contribution in [0.3, 0.4) is 0 Å². The van der Waals surface area contributed by atoms with Crippen LogP contribution in [0.15, 0.2) is 29.3 Å². The number of benzene rings is 1. The van der Waals surface area contributed by atoms with Crippen LogP contribution in [0.25, 0.3) is 0 Å². The van der Waals surface area contributed by atoms with Crippen LogP contribution in [0, 0.1) is 0 Å². The van der Waals surface area contributed by atoms with E-state index in [0.29, 0.717) is 38.8 Å². The van der Waals surface area contributed by atoms with Gasteiger partial charge < -0.3 is 20.1 Å². The number of ether oxygens (including phenoxy) is 2. The van der Waals surface area contributed by atoms with E-state index in [2.05, 4.69) is 15.6 Å². The fourth-order valence-corrected chi connectivity index (χ4v) is 2.68. The van der Waals surface area contributed by atoms with E-state index in [4.69, 9.17) is 9.47 Å². The van der Waals surface area contributed by atoms with E-state index in [0.717, 1.165) is 43.6 Å². The van der Waals surface area contributed by atoms with E-state index in [1.54, 1.807) is 0 Å². The molecule has 1 fully saturated rings. The summed E-state index contributed by atoms with van der Waals surface area (Å²) in [6.07, 6.45) is -1.07. The molecule has 5 nitrogen and oxygen atoms in total. The monoisotopic (exact) mass is 387 g/mol. The van der Waals surface area contributed by atoms with Crippen molar-refractivity contribution in [2.45, 2.75) is 45.0 Å². The quantitative estimate of drug-likeness (QED) is 0.388. The van der Waals surface area contributed by atoms with Crippen molar-refractivity contribution < 1.29 is 22.6 Å². The molecule has 1 aromatic rings. The van der Waals surface area contributed by atoms with Gasteiger partial charge in [0.2, 0.25) is 0 Å². The number of hydrogen-bond donors (Lipinski definition) is 2. The van der Waals surface area contributed by atoms with Crippen molar-refractivity contribution in [1.29, 1.82) is 0 Å². The molecule has 1 saturated heterocycles. The maximum Gasteiger partial charge on any atom is 0.416 e. The van der Waals surface area contributed by atoms with E-state index < -0.39 is 11.7 Å². The van der Waals surface area contributed by atoms with Crippen molar-refractivity contribution in [1.82, 2.24) is 10.6 Å². The molecule has 152 valence electrons. The predicted octanol–water partition coefficient (Wildman–Crippen LogP) is 3.35. The number of nitrogens with one attached hydrogen (secondary N) is 2. The van der Waals surface area contributed by atoms with Gasteiger partial charge in [0.05, 0.1) is 24.8 Å². The first-order valence-electron chi connectivity index (χ1n) is 9.36. The highest BCUT2D eigenvalue weighted by atomic mass is 19.4. The molecular weight excluding hydrogens is 359 g/mol. The molecule has 0 radical (unpaired) electrons. The fraction of sp³-hybridized carbons (Fsp3) is 0.632. The molecule has 1 aliphatic rings. The van der Waals surface area contributed by atoms with Crippen LogP contribution < -0.4 is 10.6 Å². The third-order valence-corrected chi connectivity index (χ3v) is 4.13. The highest BCUT2D eigenvalue weighted by Gasteiger charge is 2.29. The maximum atomic E-state index is 12.6. The number of rotatable bonds is 9. The second-order valence-corrected chi connectivity index (χ2v) is 6.38. The molecule has 0 aromatic heterocycles. The van der Waals surface area contributed by atoms with Gasteiger partial charge in [-0.05, 0) is 43.9 Å². The van der Waals surface area contributed by atoms with Gasteiger partial charge in [0.1, 0.15) is 0 Å². The van der Waals surface area contributed by atoms with Crippen molar-refractivity contribution in [3.8, 4) is 0 Å². The third-order valence-electron chi connectivity index (χ3n) is 4.13. The van der Waals surface area contributed by atoms with Crippen molar-refractivity contribution in [2.24, 2.45) is 4.99 Å². The highest BCUT2D eigenvalue weighted by Crippen LogP contribution is 2.29. The van der Waals surface area contributed by atoms with E-state index in [9.17, 15) is 13.2 Å². The number of nitrogens with zero attached hydrogens (tertiary/aromatic N) is 1. The van der Waals surface area contributed by atoms with Gasteiger partial charge in [0, 0.05) is 26.3 Å². The molecule has 8 heteroatoms. The molecule has 1 aliphatic heterocycles. The Morgan fingerprint density at radius 2 is 2.04 bits per heavy atom. The Morgan fingerprint density at radius 3 is 2.67 bits per heavy atom. The van der Waals surface area contributed by atoms with Crippen LogP contribution in [-0.2, 0) is 22.2 Å². The van der Waals surface area contributed by atoms with Crippen LogP contribution in [-0.4, -0.2) is 45.0 Å². The van der Waals surface area contributed by atoms with Crippen LogP contribution in [0.1, 0.15) is 37.3 Å². The molecule has 2 rings (SSSR count). The van der Waals surface area contributed by atoms with Gasteiger partial charge in [-0.3, -0.25) is 0 Å². The van der Waals surface area contributed by atoms with Gasteiger partial charge in [0.15, 0.2) is 5.96 Å². The fourth-order valence-electron chi connectivity index (χ4n) is 2.68. The zero-order valence-corrected chi connectivity index (χ0v) is 15.6. The summed E-state index contributed by atoms with van der Waals surface area (Å²) in [6.45, 7) is 5.78. The number of halogens is 3. The second kappa shape index (κ2) is 11.1. The summed E-state index contributed by atoms with van der Waals surface area (Å²) < 4.78 is 48.9. The Morgan fingerprint density at radius 1 is 1.26 bits per heavy atom. The van der Waals surface area contributed by atoms with Gasteiger partial charge in [-0.25, -0.2) is 4.99 Å². The van der Waals surface area contributed by atoms with Crippen LogP contribution >= 0.6 is 0 Å². The van der Waals surface area contributed by atoms with Crippen molar-refractivity contribution >= 4 is 5.96 Å². The minimum absolute atomic E-state index is 0.237. The lowest BCUT2D eigenvalue weighted by molar-refractivity contribution is -0.137. The lowest BCUT2D eigenvalue weighted by Gasteiger charge is -2.13. The molecule has 1 heterocycles. The van der Waals surface area contributed by atoms with Crippen molar-refractivity contribution in [2.75, 3.05) is 32.9 Å². The summed E-state index contributed by atoms with van der Waals surface area (Å²) in [5.41, 5.74) is 0.0726. The summed E-state index contributed by atoms with van der Waals surface area (Å²) >= 11 is 0. The van der Waals surface area contributed by atoms with E-state index in [1.165, 1.54) is 12.1 Å². The summed E-state index contributed by atoms with van der Waals surface area (Å²) in [5, 5.41) is 6.32. The number of alkyl halides is 3. The number of guanidine groups is 1. The van der Waals surface area contributed by atoms with Crippen LogP contribution in [0.4, 0.5) is 13.2 Å². The average molecular weight is 387 g/mol. The molecular formula is C19H28F3N3O2. The second-order valence-electron chi connectivity index (χ2n) is 6.38. The zero-order chi connectivity index (χ0) is 19.5. The van der Waals surface area contributed by atoms with Gasteiger partial charge in [-0.2, -0.15) is 13.2 Å². The summed E-state index contributed by atoms with van der Waals surface area (Å²) in [7, 11) is 0. The third kappa shape index (κ3) is 8.17. The molecule has 0 saturated carbocycles. The molecule has 1 atom stereocenters. The summed E-state index contributed by atoms with van der Waals surface area (Å²) in [4.78, 5) is 4.41. The minimum Gasteiger partial charge on any atom is -0.379 e. The van der Waals surface area contributed by atoms with E-state index in [1.807, 2.05) is 6.92 Å². The standard InChI is InChI=1S/C19H28F3N3O2/c1-2-23-18(24-10-4-11-26-14-17-5-3-12-27-17)25-13-15-6-8-16(9-7-15)19(20,21)22/h6-9,17H,2-5,10-14H2,1H3,(H2,23,24,25). The number of aliphatic imine (C=N–C) groups is 1. The molecule has 1 unspecified atom stereocenters. The van der Waals surface area contributed by atoms with Crippen molar-refractivity contribution in [3.05, 3.63) is 35.4 Å². The smallest absolute Gasteiger partial charge is 0.379 e. The van der Waals surface area contributed by atoms with Gasteiger partial charge in [-0.1, -0.05) is 12.1 Å². The normalized spacial score (nSPS) is 17.9. The highest BCUT2D eigenvalue weighted by molar-refractivity contribution is 5.79. The topological polar surface area (TPSA) is 54.9 Å². The van der Waals surface area contributed by atoms with Gasteiger partial charge in [0.25, 0.3) is 0 Å². The summed E-state index contributed by atoms with van der Waals surface area (Å²) in [6, 6.07) is 5.07.